The molecule has 2 aromatic rings. The van der Waals surface area contributed by atoms with Crippen LogP contribution in [0, 0.1) is 0 Å². The van der Waals surface area contributed by atoms with Crippen LogP contribution >= 0.6 is 0 Å². The second-order valence-electron chi connectivity index (χ2n) is 4.06. The number of anilines is 1. The molecule has 0 aliphatic heterocycles. The van der Waals surface area contributed by atoms with Crippen molar-refractivity contribution >= 4 is 5.82 Å². The van der Waals surface area contributed by atoms with E-state index in [1.807, 2.05) is 24.5 Å². The van der Waals surface area contributed by atoms with Crippen molar-refractivity contribution in [3.8, 4) is 0 Å². The van der Waals surface area contributed by atoms with E-state index in [1.165, 1.54) is 11.1 Å². The van der Waals surface area contributed by atoms with Crippen molar-refractivity contribution in [3.63, 3.8) is 0 Å². The summed E-state index contributed by atoms with van der Waals surface area (Å²) in [5.41, 5.74) is 3.52. The van der Waals surface area contributed by atoms with Gasteiger partial charge in [0.15, 0.2) is 0 Å². The number of aromatic nitrogens is 3. The summed E-state index contributed by atoms with van der Waals surface area (Å²) < 4.78 is 0. The van der Waals surface area contributed by atoms with Gasteiger partial charge in [-0.15, -0.1) is 0 Å². The molecule has 4 heteroatoms. The Bertz CT molecular complexity index is 496. The molecule has 0 spiro atoms. The molecule has 2 rings (SSSR count). The standard InChI is InChI=1S/C14H18N4/c1-3-12-13(9-11-5-7-15-8-6-11)17-10-18-14(12)16-4-2/h5-8,10H,3-4,9H2,1-2H3,(H,16,17,18). The van der Waals surface area contributed by atoms with Crippen LogP contribution in [0.25, 0.3) is 0 Å². The maximum Gasteiger partial charge on any atom is 0.132 e. The molecule has 0 bridgehead atoms. The summed E-state index contributed by atoms with van der Waals surface area (Å²) in [7, 11) is 0. The average Bonchev–Trinajstić information content (AvgIpc) is 2.41. The van der Waals surface area contributed by atoms with E-state index < -0.39 is 0 Å². The highest BCUT2D eigenvalue weighted by Gasteiger charge is 2.09. The number of nitrogens with zero attached hydrogens (tertiary/aromatic N) is 3. The van der Waals surface area contributed by atoms with E-state index in [1.54, 1.807) is 6.33 Å². The van der Waals surface area contributed by atoms with Gasteiger partial charge in [0, 0.05) is 30.9 Å². The van der Waals surface area contributed by atoms with Crippen LogP contribution in [0.1, 0.15) is 30.7 Å². The molecule has 0 amide bonds. The minimum absolute atomic E-state index is 0.826. The predicted octanol–water partition coefficient (Wildman–Crippen LogP) is 2.46. The molecule has 2 aromatic heterocycles. The number of nitrogens with one attached hydrogen (secondary N) is 1. The molecule has 0 aromatic carbocycles. The fourth-order valence-corrected chi connectivity index (χ4v) is 1.99. The maximum atomic E-state index is 4.42. The topological polar surface area (TPSA) is 50.7 Å². The number of hydrogen-bond acceptors (Lipinski definition) is 4. The van der Waals surface area contributed by atoms with Crippen molar-refractivity contribution in [1.82, 2.24) is 15.0 Å². The van der Waals surface area contributed by atoms with Crippen LogP contribution in [0.3, 0.4) is 0 Å². The Kier molecular flexibility index (Phi) is 4.23. The van der Waals surface area contributed by atoms with Crippen LogP contribution in [0.4, 0.5) is 5.82 Å². The molecule has 18 heavy (non-hydrogen) atoms. The molecular formula is C14H18N4. The highest BCUT2D eigenvalue weighted by atomic mass is 15.0. The summed E-state index contributed by atoms with van der Waals surface area (Å²) in [5, 5.41) is 3.29. The van der Waals surface area contributed by atoms with Gasteiger partial charge in [0.1, 0.15) is 12.1 Å². The van der Waals surface area contributed by atoms with Crippen molar-refractivity contribution < 1.29 is 0 Å². The largest absolute Gasteiger partial charge is 0.370 e. The summed E-state index contributed by atoms with van der Waals surface area (Å²) in [5.74, 6) is 0.957. The Balaban J connectivity index is 2.30. The van der Waals surface area contributed by atoms with E-state index in [0.717, 1.165) is 30.9 Å². The average molecular weight is 242 g/mol. The smallest absolute Gasteiger partial charge is 0.132 e. The fourth-order valence-electron chi connectivity index (χ4n) is 1.99. The molecule has 2 heterocycles. The van der Waals surface area contributed by atoms with Gasteiger partial charge in [-0.1, -0.05) is 6.92 Å². The molecule has 0 saturated heterocycles. The van der Waals surface area contributed by atoms with Gasteiger partial charge in [0.05, 0.1) is 5.69 Å². The number of rotatable bonds is 5. The minimum atomic E-state index is 0.826. The van der Waals surface area contributed by atoms with Crippen LogP contribution in [0.2, 0.25) is 0 Å². The van der Waals surface area contributed by atoms with Crippen LogP contribution in [-0.4, -0.2) is 21.5 Å². The zero-order valence-corrected chi connectivity index (χ0v) is 10.8. The molecular weight excluding hydrogens is 224 g/mol. The first kappa shape index (κ1) is 12.5. The van der Waals surface area contributed by atoms with E-state index in [0.29, 0.717) is 0 Å². The third-order valence-electron chi connectivity index (χ3n) is 2.85. The Hall–Kier alpha value is -1.97. The first-order chi connectivity index (χ1) is 8.85. The van der Waals surface area contributed by atoms with Crippen LogP contribution < -0.4 is 5.32 Å². The molecule has 4 nitrogen and oxygen atoms in total. The molecule has 0 aliphatic rings. The summed E-state index contributed by atoms with van der Waals surface area (Å²) in [4.78, 5) is 12.8. The van der Waals surface area contributed by atoms with Gasteiger partial charge in [-0.05, 0) is 31.0 Å². The Morgan fingerprint density at radius 1 is 1.11 bits per heavy atom. The molecule has 0 radical (unpaired) electrons. The SMILES string of the molecule is CCNc1ncnc(Cc2ccncc2)c1CC. The first-order valence-electron chi connectivity index (χ1n) is 6.30. The molecule has 0 atom stereocenters. The van der Waals surface area contributed by atoms with E-state index in [4.69, 9.17) is 0 Å². The van der Waals surface area contributed by atoms with Crippen molar-refractivity contribution in [3.05, 3.63) is 47.7 Å². The Morgan fingerprint density at radius 2 is 1.89 bits per heavy atom. The Morgan fingerprint density at radius 3 is 2.56 bits per heavy atom. The van der Waals surface area contributed by atoms with Gasteiger partial charge in [0.25, 0.3) is 0 Å². The van der Waals surface area contributed by atoms with Gasteiger partial charge in [-0.25, -0.2) is 9.97 Å². The van der Waals surface area contributed by atoms with Crippen LogP contribution in [-0.2, 0) is 12.8 Å². The van der Waals surface area contributed by atoms with Gasteiger partial charge < -0.3 is 5.32 Å². The van der Waals surface area contributed by atoms with Crippen molar-refractivity contribution in [2.45, 2.75) is 26.7 Å². The third kappa shape index (κ3) is 2.83. The lowest BCUT2D eigenvalue weighted by Gasteiger charge is -2.12. The summed E-state index contributed by atoms with van der Waals surface area (Å²) >= 11 is 0. The second kappa shape index (κ2) is 6.10. The third-order valence-corrected chi connectivity index (χ3v) is 2.85. The monoisotopic (exact) mass is 242 g/mol. The number of hydrogen-bond donors (Lipinski definition) is 1. The first-order valence-corrected chi connectivity index (χ1v) is 6.30. The quantitative estimate of drug-likeness (QED) is 0.875. The fraction of sp³-hybridized carbons (Fsp3) is 0.357. The molecule has 0 unspecified atom stereocenters. The van der Waals surface area contributed by atoms with E-state index >= 15 is 0 Å². The summed E-state index contributed by atoms with van der Waals surface area (Å²) in [6.07, 6.45) is 7.02. The minimum Gasteiger partial charge on any atom is -0.370 e. The highest BCUT2D eigenvalue weighted by Crippen LogP contribution is 2.18. The molecule has 0 saturated carbocycles. The van der Waals surface area contributed by atoms with E-state index in [9.17, 15) is 0 Å². The van der Waals surface area contributed by atoms with Crippen LogP contribution in [0.15, 0.2) is 30.9 Å². The Labute approximate surface area is 108 Å². The maximum absolute atomic E-state index is 4.42. The zero-order chi connectivity index (χ0) is 12.8. The van der Waals surface area contributed by atoms with Crippen LogP contribution in [0.5, 0.6) is 0 Å². The van der Waals surface area contributed by atoms with Crippen molar-refractivity contribution in [1.29, 1.82) is 0 Å². The number of pyridine rings is 1. The lowest BCUT2D eigenvalue weighted by atomic mass is 10.0. The molecule has 0 fully saturated rings. The van der Waals surface area contributed by atoms with Crippen molar-refractivity contribution in [2.24, 2.45) is 0 Å². The van der Waals surface area contributed by atoms with E-state index in [-0.39, 0.29) is 0 Å². The molecule has 1 N–H and O–H groups in total. The lowest BCUT2D eigenvalue weighted by Crippen LogP contribution is -2.08. The van der Waals surface area contributed by atoms with Crippen molar-refractivity contribution in [2.75, 3.05) is 11.9 Å². The predicted molar refractivity (Wildman–Crippen MR) is 72.6 cm³/mol. The zero-order valence-electron chi connectivity index (χ0n) is 10.8. The highest BCUT2D eigenvalue weighted by molar-refractivity contribution is 5.46. The van der Waals surface area contributed by atoms with E-state index in [2.05, 4.69) is 34.1 Å². The summed E-state index contributed by atoms with van der Waals surface area (Å²) in [6, 6.07) is 4.04. The van der Waals surface area contributed by atoms with Gasteiger partial charge in [-0.2, -0.15) is 0 Å². The van der Waals surface area contributed by atoms with Gasteiger partial charge in [-0.3, -0.25) is 4.98 Å². The molecule has 94 valence electrons. The normalized spacial score (nSPS) is 10.3. The second-order valence-corrected chi connectivity index (χ2v) is 4.06. The van der Waals surface area contributed by atoms with Gasteiger partial charge >= 0.3 is 0 Å². The summed E-state index contributed by atoms with van der Waals surface area (Å²) in [6.45, 7) is 5.08. The van der Waals surface area contributed by atoms with Gasteiger partial charge in [0.2, 0.25) is 0 Å². The molecule has 0 aliphatic carbocycles. The lowest BCUT2D eigenvalue weighted by molar-refractivity contribution is 0.942.